The van der Waals surface area contributed by atoms with E-state index in [9.17, 15) is 12.8 Å². The number of halogens is 2. The summed E-state index contributed by atoms with van der Waals surface area (Å²) in [6, 6.07) is 3.52. The molecule has 2 rings (SSSR count). The predicted octanol–water partition coefficient (Wildman–Crippen LogP) is 2.34. The Morgan fingerprint density at radius 1 is 1.45 bits per heavy atom. The Balaban J connectivity index is 2.34. The molecule has 2 unspecified atom stereocenters. The van der Waals surface area contributed by atoms with Crippen molar-refractivity contribution in [2.24, 2.45) is 11.7 Å². The molecular weight excluding hydrogens is 347 g/mol. The molecule has 0 radical (unpaired) electrons. The summed E-state index contributed by atoms with van der Waals surface area (Å²) in [7, 11) is -2.08. The number of nitrogens with two attached hydrogens (primary N) is 1. The molecule has 112 valence electrons. The molecule has 0 aliphatic heterocycles. The van der Waals surface area contributed by atoms with Gasteiger partial charge in [-0.2, -0.15) is 4.31 Å². The minimum absolute atomic E-state index is 0.0815. The standard InChI is InChI=1S/C13H18BrFN2O2S/c1-17(12-4-2-3-9(12)8-16)20(18,19)13-6-5-10(15)7-11(13)14/h5-7,9,12H,2-4,8,16H2,1H3. The summed E-state index contributed by atoms with van der Waals surface area (Å²) in [5.74, 6) is -0.284. The van der Waals surface area contributed by atoms with Gasteiger partial charge in [-0.25, -0.2) is 12.8 Å². The zero-order valence-electron chi connectivity index (χ0n) is 11.2. The Bertz CT molecular complexity index is 594. The number of hydrogen-bond acceptors (Lipinski definition) is 3. The van der Waals surface area contributed by atoms with Crippen LogP contribution < -0.4 is 5.73 Å². The van der Waals surface area contributed by atoms with Crippen molar-refractivity contribution in [3.05, 3.63) is 28.5 Å². The molecule has 2 N–H and O–H groups in total. The molecule has 1 aromatic carbocycles. The summed E-state index contributed by atoms with van der Waals surface area (Å²) in [4.78, 5) is 0.0871. The van der Waals surface area contributed by atoms with Crippen LogP contribution in [0.3, 0.4) is 0 Å². The van der Waals surface area contributed by atoms with Crippen molar-refractivity contribution in [2.45, 2.75) is 30.2 Å². The van der Waals surface area contributed by atoms with E-state index in [4.69, 9.17) is 5.73 Å². The summed E-state index contributed by atoms with van der Waals surface area (Å²) in [5, 5.41) is 0. The van der Waals surface area contributed by atoms with Crippen LogP contribution in [0.1, 0.15) is 19.3 Å². The summed E-state index contributed by atoms with van der Waals surface area (Å²) < 4.78 is 40.0. The second kappa shape index (κ2) is 6.09. The number of nitrogens with zero attached hydrogens (tertiary/aromatic N) is 1. The van der Waals surface area contributed by atoms with Crippen molar-refractivity contribution in [3.63, 3.8) is 0 Å². The number of rotatable bonds is 4. The maximum absolute atomic E-state index is 13.1. The summed E-state index contributed by atoms with van der Waals surface area (Å²) in [6.07, 6.45) is 2.75. The molecule has 4 nitrogen and oxygen atoms in total. The lowest BCUT2D eigenvalue weighted by Crippen LogP contribution is -2.41. The Hall–Kier alpha value is -0.500. The Labute approximate surface area is 127 Å². The normalized spacial score (nSPS) is 23.4. The van der Waals surface area contributed by atoms with Gasteiger partial charge in [-0.1, -0.05) is 6.42 Å². The Morgan fingerprint density at radius 3 is 2.75 bits per heavy atom. The molecular formula is C13H18BrFN2O2S. The van der Waals surface area contributed by atoms with Crippen LogP contribution in [-0.4, -0.2) is 32.4 Å². The second-order valence-electron chi connectivity index (χ2n) is 5.09. The largest absolute Gasteiger partial charge is 0.330 e. The molecule has 0 heterocycles. The Morgan fingerprint density at radius 2 is 2.15 bits per heavy atom. The van der Waals surface area contributed by atoms with E-state index in [-0.39, 0.29) is 21.3 Å². The fourth-order valence-corrected chi connectivity index (χ4v) is 5.24. The highest BCUT2D eigenvalue weighted by Gasteiger charge is 2.36. The van der Waals surface area contributed by atoms with Gasteiger partial charge in [0.25, 0.3) is 0 Å². The highest BCUT2D eigenvalue weighted by atomic mass is 79.9. The van der Waals surface area contributed by atoms with Gasteiger partial charge in [0.1, 0.15) is 5.82 Å². The predicted molar refractivity (Wildman–Crippen MR) is 79.2 cm³/mol. The molecule has 1 aliphatic carbocycles. The van der Waals surface area contributed by atoms with Crippen LogP contribution in [-0.2, 0) is 10.0 Å². The summed E-state index contributed by atoms with van der Waals surface area (Å²) >= 11 is 3.12. The highest BCUT2D eigenvalue weighted by Crippen LogP contribution is 2.33. The average Bonchev–Trinajstić information content (AvgIpc) is 2.85. The Kier molecular flexibility index (Phi) is 4.84. The van der Waals surface area contributed by atoms with Crippen molar-refractivity contribution in [2.75, 3.05) is 13.6 Å². The van der Waals surface area contributed by atoms with Gasteiger partial charge >= 0.3 is 0 Å². The van der Waals surface area contributed by atoms with Gasteiger partial charge in [0.05, 0.1) is 4.90 Å². The van der Waals surface area contributed by atoms with Crippen molar-refractivity contribution < 1.29 is 12.8 Å². The molecule has 0 bridgehead atoms. The first-order valence-corrected chi connectivity index (χ1v) is 8.74. The van der Waals surface area contributed by atoms with Gasteiger partial charge in [0.2, 0.25) is 10.0 Å². The van der Waals surface area contributed by atoms with E-state index < -0.39 is 15.8 Å². The molecule has 0 aromatic heterocycles. The molecule has 1 aliphatic rings. The van der Waals surface area contributed by atoms with Crippen LogP contribution in [0.2, 0.25) is 0 Å². The van der Waals surface area contributed by atoms with Gasteiger partial charge in [-0.15, -0.1) is 0 Å². The molecule has 0 saturated heterocycles. The maximum Gasteiger partial charge on any atom is 0.244 e. The van der Waals surface area contributed by atoms with E-state index in [0.717, 1.165) is 31.4 Å². The quantitative estimate of drug-likeness (QED) is 0.891. The van der Waals surface area contributed by atoms with Crippen LogP contribution >= 0.6 is 15.9 Å². The first-order valence-electron chi connectivity index (χ1n) is 6.51. The zero-order chi connectivity index (χ0) is 14.9. The lowest BCUT2D eigenvalue weighted by atomic mass is 10.0. The van der Waals surface area contributed by atoms with Gasteiger partial charge in [0, 0.05) is 17.6 Å². The van der Waals surface area contributed by atoms with Crippen molar-refractivity contribution in [1.82, 2.24) is 4.31 Å². The first kappa shape index (κ1) is 15.9. The topological polar surface area (TPSA) is 63.4 Å². The number of benzene rings is 1. The molecule has 1 aromatic rings. The van der Waals surface area contributed by atoms with Gasteiger partial charge in [-0.3, -0.25) is 0 Å². The third kappa shape index (κ3) is 2.90. The summed E-state index contributed by atoms with van der Waals surface area (Å²) in [6.45, 7) is 0.481. The smallest absolute Gasteiger partial charge is 0.244 e. The van der Waals surface area contributed by atoms with E-state index in [2.05, 4.69) is 15.9 Å². The van der Waals surface area contributed by atoms with Crippen molar-refractivity contribution in [3.8, 4) is 0 Å². The van der Waals surface area contributed by atoms with Crippen LogP contribution in [0.25, 0.3) is 0 Å². The average molecular weight is 365 g/mol. The van der Waals surface area contributed by atoms with Crippen molar-refractivity contribution >= 4 is 26.0 Å². The fourth-order valence-electron chi connectivity index (χ4n) is 2.79. The third-order valence-corrected chi connectivity index (χ3v) is 6.80. The van der Waals surface area contributed by atoms with Crippen LogP contribution in [0.15, 0.2) is 27.6 Å². The monoisotopic (exact) mass is 364 g/mol. The van der Waals surface area contributed by atoms with Gasteiger partial charge < -0.3 is 5.73 Å². The first-order chi connectivity index (χ1) is 9.37. The van der Waals surface area contributed by atoms with E-state index in [1.54, 1.807) is 7.05 Å². The lowest BCUT2D eigenvalue weighted by molar-refractivity contribution is 0.304. The minimum atomic E-state index is -3.65. The molecule has 2 atom stereocenters. The molecule has 0 spiro atoms. The van der Waals surface area contributed by atoms with Crippen LogP contribution in [0.4, 0.5) is 4.39 Å². The fraction of sp³-hybridized carbons (Fsp3) is 0.538. The molecule has 1 fully saturated rings. The molecule has 0 amide bonds. The zero-order valence-corrected chi connectivity index (χ0v) is 13.6. The van der Waals surface area contributed by atoms with E-state index >= 15 is 0 Å². The maximum atomic E-state index is 13.1. The van der Waals surface area contributed by atoms with E-state index in [1.807, 2.05) is 0 Å². The molecule has 1 saturated carbocycles. The summed E-state index contributed by atoms with van der Waals surface area (Å²) in [5.41, 5.74) is 5.71. The minimum Gasteiger partial charge on any atom is -0.330 e. The second-order valence-corrected chi connectivity index (χ2v) is 7.91. The highest BCUT2D eigenvalue weighted by molar-refractivity contribution is 9.10. The molecule has 20 heavy (non-hydrogen) atoms. The molecule has 7 heteroatoms. The number of sulfonamides is 1. The van der Waals surface area contributed by atoms with Crippen LogP contribution in [0.5, 0.6) is 0 Å². The van der Waals surface area contributed by atoms with E-state index in [0.29, 0.717) is 6.54 Å². The van der Waals surface area contributed by atoms with Crippen molar-refractivity contribution in [1.29, 1.82) is 0 Å². The number of hydrogen-bond donors (Lipinski definition) is 1. The third-order valence-electron chi connectivity index (χ3n) is 3.94. The van der Waals surface area contributed by atoms with Gasteiger partial charge in [0.15, 0.2) is 0 Å². The van der Waals surface area contributed by atoms with E-state index in [1.165, 1.54) is 10.4 Å². The van der Waals surface area contributed by atoms with Crippen LogP contribution in [0, 0.1) is 11.7 Å². The SMILES string of the molecule is CN(C1CCCC1CN)S(=O)(=O)c1ccc(F)cc1Br. The lowest BCUT2D eigenvalue weighted by Gasteiger charge is -2.28. The van der Waals surface area contributed by atoms with Gasteiger partial charge in [-0.05, 0) is 59.4 Å².